The van der Waals surface area contributed by atoms with Gasteiger partial charge in [0.15, 0.2) is 0 Å². The smallest absolute Gasteiger partial charge is 0.475 e. The van der Waals surface area contributed by atoms with Crippen LogP contribution in [0.25, 0.3) is 0 Å². The van der Waals surface area contributed by atoms with E-state index in [1.54, 1.807) is 30.8 Å². The molecule has 4 rings (SSSR count). The van der Waals surface area contributed by atoms with Crippen LogP contribution in [0.4, 0.5) is 26.3 Å². The van der Waals surface area contributed by atoms with E-state index in [2.05, 4.69) is 15.2 Å². The lowest BCUT2D eigenvalue weighted by Gasteiger charge is -2.35. The van der Waals surface area contributed by atoms with Crippen molar-refractivity contribution >= 4 is 17.8 Å². The molecule has 2 fully saturated rings. The van der Waals surface area contributed by atoms with Crippen LogP contribution in [0.3, 0.4) is 0 Å². The molecule has 2 aliphatic heterocycles. The van der Waals surface area contributed by atoms with E-state index in [9.17, 15) is 31.1 Å². The number of carbonyl (C=O) groups excluding carboxylic acids is 1. The van der Waals surface area contributed by atoms with Crippen molar-refractivity contribution in [2.24, 2.45) is 11.8 Å². The zero-order chi connectivity index (χ0) is 29.2. The van der Waals surface area contributed by atoms with Gasteiger partial charge in [0.2, 0.25) is 0 Å². The number of carboxylic acid groups (broad SMARTS) is 2. The number of alkyl halides is 6. The minimum atomic E-state index is -5.08. The fourth-order valence-electron chi connectivity index (χ4n) is 3.95. The third kappa shape index (κ3) is 10.6. The van der Waals surface area contributed by atoms with E-state index in [1.807, 2.05) is 12.3 Å². The van der Waals surface area contributed by atoms with Crippen molar-refractivity contribution in [3.05, 3.63) is 54.2 Å². The number of amides is 1. The standard InChI is InChI=1S/C19H23N3O3.2C2HF3O2/c23-19(15-2-1-5-20-8-15)21-9-18-17-3-6-22(11-16(17)13-25-18)10-14-4-7-24-12-14;2*3-2(4,5)1(6)7/h1-2,4-5,7-8,12,16-18H,3,6,9-11,13H2,(H,21,23);2*(H,6,7)/t16-,17-,18+;;/m0../s1. The van der Waals surface area contributed by atoms with Gasteiger partial charge in [0.25, 0.3) is 5.91 Å². The number of hydrogen-bond acceptors (Lipinski definition) is 7. The number of aromatic nitrogens is 1. The van der Waals surface area contributed by atoms with Gasteiger partial charge in [-0.25, -0.2) is 9.59 Å². The lowest BCUT2D eigenvalue weighted by atomic mass is 9.84. The third-order valence-corrected chi connectivity index (χ3v) is 5.74. The first kappa shape index (κ1) is 31.6. The quantitative estimate of drug-likeness (QED) is 0.463. The van der Waals surface area contributed by atoms with E-state index in [-0.39, 0.29) is 12.0 Å². The van der Waals surface area contributed by atoms with Crippen LogP contribution in [0.2, 0.25) is 0 Å². The maximum absolute atomic E-state index is 12.2. The van der Waals surface area contributed by atoms with Crippen molar-refractivity contribution in [1.29, 1.82) is 0 Å². The zero-order valence-corrected chi connectivity index (χ0v) is 20.1. The predicted molar refractivity (Wildman–Crippen MR) is 119 cm³/mol. The Morgan fingerprint density at radius 1 is 1.08 bits per heavy atom. The molecule has 3 N–H and O–H groups in total. The monoisotopic (exact) mass is 569 g/mol. The van der Waals surface area contributed by atoms with Gasteiger partial charge >= 0.3 is 24.3 Å². The Hall–Kier alpha value is -3.66. The summed E-state index contributed by atoms with van der Waals surface area (Å²) in [4.78, 5) is 36.4. The van der Waals surface area contributed by atoms with E-state index < -0.39 is 24.3 Å². The van der Waals surface area contributed by atoms with Crippen LogP contribution in [0.1, 0.15) is 22.3 Å². The summed E-state index contributed by atoms with van der Waals surface area (Å²) in [5.74, 6) is -4.53. The number of pyridine rings is 1. The van der Waals surface area contributed by atoms with Gasteiger partial charge in [0, 0.05) is 43.5 Å². The molecule has 16 heteroatoms. The average Bonchev–Trinajstić information content (AvgIpc) is 3.52. The van der Waals surface area contributed by atoms with Gasteiger partial charge in [-0.15, -0.1) is 0 Å². The van der Waals surface area contributed by atoms with Crippen LogP contribution >= 0.6 is 0 Å². The Kier molecular flexibility index (Phi) is 11.3. The maximum atomic E-state index is 12.2. The van der Waals surface area contributed by atoms with Crippen molar-refractivity contribution in [3.8, 4) is 0 Å². The molecule has 2 aliphatic rings. The van der Waals surface area contributed by atoms with Crippen LogP contribution in [0.15, 0.2) is 47.5 Å². The largest absolute Gasteiger partial charge is 0.490 e. The Balaban J connectivity index is 0.000000317. The molecule has 0 radical (unpaired) electrons. The van der Waals surface area contributed by atoms with Crippen LogP contribution in [-0.4, -0.2) is 82.6 Å². The fourth-order valence-corrected chi connectivity index (χ4v) is 3.95. The number of aliphatic carboxylic acids is 2. The van der Waals surface area contributed by atoms with E-state index in [4.69, 9.17) is 29.0 Å². The van der Waals surface area contributed by atoms with Crippen molar-refractivity contribution in [1.82, 2.24) is 15.2 Å². The summed E-state index contributed by atoms with van der Waals surface area (Å²) in [5.41, 5.74) is 1.81. The number of nitrogens with one attached hydrogen (secondary N) is 1. The van der Waals surface area contributed by atoms with Crippen molar-refractivity contribution < 1.29 is 60.1 Å². The van der Waals surface area contributed by atoms with Gasteiger partial charge in [0.1, 0.15) is 0 Å². The molecule has 3 atom stereocenters. The van der Waals surface area contributed by atoms with E-state index >= 15 is 0 Å². The summed E-state index contributed by atoms with van der Waals surface area (Å²) in [7, 11) is 0. The molecular formula is C23H25F6N3O7. The summed E-state index contributed by atoms with van der Waals surface area (Å²) in [6, 6.07) is 5.57. The molecule has 0 bridgehead atoms. The Bertz CT molecular complexity index is 1040. The first-order chi connectivity index (χ1) is 18.2. The third-order valence-electron chi connectivity index (χ3n) is 5.74. The number of nitrogens with zero attached hydrogens (tertiary/aromatic N) is 2. The van der Waals surface area contributed by atoms with Gasteiger partial charge < -0.3 is 24.7 Å². The second-order valence-corrected chi connectivity index (χ2v) is 8.51. The topological polar surface area (TPSA) is 142 Å². The zero-order valence-electron chi connectivity index (χ0n) is 20.1. The molecule has 0 unspecified atom stereocenters. The van der Waals surface area contributed by atoms with Gasteiger partial charge in [-0.05, 0) is 37.1 Å². The number of carboxylic acids is 2. The molecule has 39 heavy (non-hydrogen) atoms. The molecule has 0 saturated carbocycles. The summed E-state index contributed by atoms with van der Waals surface area (Å²) in [6.45, 7) is 4.38. The van der Waals surface area contributed by atoms with Gasteiger partial charge in [-0.3, -0.25) is 14.7 Å². The number of ether oxygens (including phenoxy) is 1. The first-order valence-corrected chi connectivity index (χ1v) is 11.3. The van der Waals surface area contributed by atoms with Gasteiger partial charge in [0.05, 0.1) is 30.8 Å². The minimum absolute atomic E-state index is 0.0856. The van der Waals surface area contributed by atoms with Crippen LogP contribution in [0, 0.1) is 11.8 Å². The lowest BCUT2D eigenvalue weighted by molar-refractivity contribution is -0.193. The van der Waals surface area contributed by atoms with Gasteiger partial charge in [-0.2, -0.15) is 26.3 Å². The second kappa shape index (κ2) is 13.9. The number of piperidine rings is 1. The Morgan fingerprint density at radius 3 is 2.23 bits per heavy atom. The number of rotatable bonds is 5. The molecule has 0 aliphatic carbocycles. The van der Waals surface area contributed by atoms with E-state index in [0.717, 1.165) is 32.7 Å². The average molecular weight is 569 g/mol. The number of hydrogen-bond donors (Lipinski definition) is 3. The van der Waals surface area contributed by atoms with Crippen molar-refractivity contribution in [2.75, 3.05) is 26.2 Å². The number of furan rings is 1. The number of halogens is 6. The lowest BCUT2D eigenvalue weighted by Crippen LogP contribution is -2.43. The van der Waals surface area contributed by atoms with E-state index in [0.29, 0.717) is 23.9 Å². The fraction of sp³-hybridized carbons (Fsp3) is 0.478. The highest BCUT2D eigenvalue weighted by Gasteiger charge is 2.41. The Morgan fingerprint density at radius 2 is 1.72 bits per heavy atom. The molecule has 4 heterocycles. The van der Waals surface area contributed by atoms with Crippen molar-refractivity contribution in [3.63, 3.8) is 0 Å². The maximum Gasteiger partial charge on any atom is 0.490 e. The predicted octanol–water partition coefficient (Wildman–Crippen LogP) is 3.21. The molecule has 0 spiro atoms. The van der Waals surface area contributed by atoms with Crippen LogP contribution < -0.4 is 5.32 Å². The number of likely N-dealkylation sites (tertiary alicyclic amines) is 1. The molecule has 1 amide bonds. The summed E-state index contributed by atoms with van der Waals surface area (Å²) >= 11 is 0. The normalized spacial score (nSPS) is 20.9. The Labute approximate surface area is 217 Å². The molecule has 216 valence electrons. The summed E-state index contributed by atoms with van der Waals surface area (Å²) in [6.07, 6.45) is -2.16. The first-order valence-electron chi connectivity index (χ1n) is 11.3. The summed E-state index contributed by atoms with van der Waals surface area (Å²) < 4.78 is 74.6. The van der Waals surface area contributed by atoms with Crippen molar-refractivity contribution in [2.45, 2.75) is 31.4 Å². The highest BCUT2D eigenvalue weighted by molar-refractivity contribution is 5.93. The molecule has 2 aromatic rings. The van der Waals surface area contributed by atoms with E-state index in [1.165, 1.54) is 5.56 Å². The SMILES string of the molecule is O=C(NC[C@H]1OC[C@@H]2CN(Cc3ccoc3)CC[C@@H]21)c1cccnc1.O=C(O)C(F)(F)F.O=C(O)C(F)(F)F. The second-order valence-electron chi connectivity index (χ2n) is 8.51. The number of carbonyl (C=O) groups is 3. The molecular weight excluding hydrogens is 544 g/mol. The van der Waals surface area contributed by atoms with Crippen LogP contribution in [0.5, 0.6) is 0 Å². The van der Waals surface area contributed by atoms with Gasteiger partial charge in [-0.1, -0.05) is 0 Å². The molecule has 2 saturated heterocycles. The highest BCUT2D eigenvalue weighted by atomic mass is 19.4. The minimum Gasteiger partial charge on any atom is -0.475 e. The van der Waals surface area contributed by atoms with Crippen LogP contribution in [-0.2, 0) is 20.9 Å². The molecule has 10 nitrogen and oxygen atoms in total. The summed E-state index contributed by atoms with van der Waals surface area (Å²) in [5, 5.41) is 17.2. The highest BCUT2D eigenvalue weighted by Crippen LogP contribution is 2.34. The molecule has 2 aromatic heterocycles. The molecule has 0 aromatic carbocycles. The number of fused-ring (bicyclic) bond motifs is 1.